The molecule has 0 amide bonds. The largest absolute Gasteiger partial charge is 0.390 e. The van der Waals surface area contributed by atoms with Gasteiger partial charge in [-0.1, -0.05) is 45.3 Å². The van der Waals surface area contributed by atoms with Crippen LogP contribution in [-0.2, 0) is 14.2 Å². The van der Waals surface area contributed by atoms with E-state index in [4.69, 9.17) is 14.2 Å². The van der Waals surface area contributed by atoms with E-state index in [0.717, 1.165) is 64.6 Å². The average molecular weight is 328 g/mol. The first kappa shape index (κ1) is 20.6. The van der Waals surface area contributed by atoms with E-state index < -0.39 is 0 Å². The standard InChI is InChI=1S/C19H36O4/c1-4-6-11-19(23-14-7-5-2)18(21-3)13-8-12-17-16(20)10-9-15-22-17/h8,13,16-20H,4-7,9-12,14-15H2,1-3H3/b13-8+/t16-,17+,18-,19-/m1/s1. The molecule has 4 atom stereocenters. The quantitative estimate of drug-likeness (QED) is 0.436. The number of aliphatic hydroxyl groups is 1. The summed E-state index contributed by atoms with van der Waals surface area (Å²) in [6, 6.07) is 0. The zero-order chi connectivity index (χ0) is 16.9. The molecule has 0 aromatic heterocycles. The molecule has 23 heavy (non-hydrogen) atoms. The van der Waals surface area contributed by atoms with Crippen LogP contribution in [0.2, 0.25) is 0 Å². The minimum absolute atomic E-state index is 0.0286. The van der Waals surface area contributed by atoms with E-state index >= 15 is 0 Å². The van der Waals surface area contributed by atoms with Crippen LogP contribution in [0, 0.1) is 0 Å². The molecule has 0 spiro atoms. The molecule has 1 saturated heterocycles. The molecule has 4 nitrogen and oxygen atoms in total. The molecule has 1 N–H and O–H groups in total. The van der Waals surface area contributed by atoms with Gasteiger partial charge in [-0.2, -0.15) is 0 Å². The lowest BCUT2D eigenvalue weighted by Gasteiger charge is -2.27. The van der Waals surface area contributed by atoms with Crippen LogP contribution in [0.3, 0.4) is 0 Å². The smallest absolute Gasteiger partial charge is 0.101 e. The van der Waals surface area contributed by atoms with E-state index in [1.54, 1.807) is 7.11 Å². The van der Waals surface area contributed by atoms with Gasteiger partial charge < -0.3 is 19.3 Å². The minimum Gasteiger partial charge on any atom is -0.390 e. The van der Waals surface area contributed by atoms with Crippen LogP contribution in [0.25, 0.3) is 0 Å². The van der Waals surface area contributed by atoms with E-state index in [-0.39, 0.29) is 24.4 Å². The van der Waals surface area contributed by atoms with Crippen LogP contribution in [0.15, 0.2) is 12.2 Å². The Hall–Kier alpha value is -0.420. The Bertz CT molecular complexity index is 306. The van der Waals surface area contributed by atoms with Crippen molar-refractivity contribution < 1.29 is 19.3 Å². The predicted molar refractivity (Wildman–Crippen MR) is 93.7 cm³/mol. The second kappa shape index (κ2) is 12.9. The molecule has 0 aromatic carbocycles. The maximum Gasteiger partial charge on any atom is 0.101 e. The van der Waals surface area contributed by atoms with Gasteiger partial charge >= 0.3 is 0 Å². The number of hydrogen-bond acceptors (Lipinski definition) is 4. The van der Waals surface area contributed by atoms with Gasteiger partial charge in [0.15, 0.2) is 0 Å². The highest BCUT2D eigenvalue weighted by molar-refractivity contribution is 4.96. The van der Waals surface area contributed by atoms with Gasteiger partial charge in [0.25, 0.3) is 0 Å². The Labute approximate surface area is 142 Å². The molecule has 4 heteroatoms. The van der Waals surface area contributed by atoms with Crippen LogP contribution in [0.5, 0.6) is 0 Å². The van der Waals surface area contributed by atoms with E-state index in [1.807, 2.05) is 0 Å². The van der Waals surface area contributed by atoms with Crippen molar-refractivity contribution in [2.24, 2.45) is 0 Å². The minimum atomic E-state index is -0.342. The normalized spacial score (nSPS) is 24.9. The first-order valence-electron chi connectivity index (χ1n) is 9.33. The topological polar surface area (TPSA) is 47.9 Å². The molecule has 0 aromatic rings. The Kier molecular flexibility index (Phi) is 11.6. The number of methoxy groups -OCH3 is 1. The molecule has 0 bridgehead atoms. The highest BCUT2D eigenvalue weighted by Gasteiger charge is 2.23. The van der Waals surface area contributed by atoms with Gasteiger partial charge in [-0.25, -0.2) is 0 Å². The second-order valence-corrected chi connectivity index (χ2v) is 6.39. The molecule has 1 heterocycles. The summed E-state index contributed by atoms with van der Waals surface area (Å²) < 4.78 is 17.3. The van der Waals surface area contributed by atoms with Crippen molar-refractivity contribution in [3.05, 3.63) is 12.2 Å². The fraction of sp³-hybridized carbons (Fsp3) is 0.895. The lowest BCUT2D eigenvalue weighted by atomic mass is 10.0. The monoisotopic (exact) mass is 328 g/mol. The molecule has 0 saturated carbocycles. The summed E-state index contributed by atoms with van der Waals surface area (Å²) in [6.45, 7) is 5.92. The molecule has 1 fully saturated rings. The number of aliphatic hydroxyl groups excluding tert-OH is 1. The molecule has 0 aliphatic carbocycles. The van der Waals surface area contributed by atoms with E-state index in [0.29, 0.717) is 0 Å². The summed E-state index contributed by atoms with van der Waals surface area (Å²) in [7, 11) is 1.74. The fourth-order valence-corrected chi connectivity index (χ4v) is 2.88. The Morgan fingerprint density at radius 3 is 2.70 bits per heavy atom. The number of ether oxygens (including phenoxy) is 3. The van der Waals surface area contributed by atoms with Gasteiger partial charge in [0.2, 0.25) is 0 Å². The van der Waals surface area contributed by atoms with Crippen molar-refractivity contribution in [3.63, 3.8) is 0 Å². The van der Waals surface area contributed by atoms with Crippen LogP contribution >= 0.6 is 0 Å². The van der Waals surface area contributed by atoms with Crippen molar-refractivity contribution in [2.75, 3.05) is 20.3 Å². The predicted octanol–water partition coefficient (Wildman–Crippen LogP) is 3.86. The second-order valence-electron chi connectivity index (χ2n) is 6.39. The summed E-state index contributed by atoms with van der Waals surface area (Å²) in [4.78, 5) is 0. The zero-order valence-electron chi connectivity index (χ0n) is 15.2. The Morgan fingerprint density at radius 1 is 1.26 bits per heavy atom. The summed E-state index contributed by atoms with van der Waals surface area (Å²) in [6.07, 6.45) is 11.9. The summed E-state index contributed by atoms with van der Waals surface area (Å²) >= 11 is 0. The number of unbranched alkanes of at least 4 members (excludes halogenated alkanes) is 2. The maximum atomic E-state index is 9.95. The number of hydrogen-bond donors (Lipinski definition) is 1. The van der Waals surface area contributed by atoms with E-state index in [2.05, 4.69) is 26.0 Å². The first-order valence-corrected chi connectivity index (χ1v) is 9.33. The van der Waals surface area contributed by atoms with Gasteiger partial charge in [-0.3, -0.25) is 0 Å². The third-order valence-corrected chi connectivity index (χ3v) is 4.41. The highest BCUT2D eigenvalue weighted by Crippen LogP contribution is 2.18. The molecule has 0 unspecified atom stereocenters. The zero-order valence-corrected chi connectivity index (χ0v) is 15.2. The lowest BCUT2D eigenvalue weighted by molar-refractivity contribution is -0.0717. The Balaban J connectivity index is 2.49. The van der Waals surface area contributed by atoms with Crippen molar-refractivity contribution in [2.45, 2.75) is 89.6 Å². The molecular formula is C19H36O4. The SMILES string of the molecule is CCCCO[C@H](CCCC)[C@@H](/C=C/C[C@@H]1OCCC[C@H]1O)OC. The summed E-state index contributed by atoms with van der Waals surface area (Å²) in [5.41, 5.74) is 0. The van der Waals surface area contributed by atoms with E-state index in [9.17, 15) is 5.11 Å². The van der Waals surface area contributed by atoms with E-state index in [1.165, 1.54) is 0 Å². The van der Waals surface area contributed by atoms with Crippen molar-refractivity contribution in [1.29, 1.82) is 0 Å². The molecule has 1 aliphatic heterocycles. The van der Waals surface area contributed by atoms with Crippen molar-refractivity contribution >= 4 is 0 Å². The first-order chi connectivity index (χ1) is 11.2. The molecule has 1 aliphatic rings. The van der Waals surface area contributed by atoms with Crippen LogP contribution in [-0.4, -0.2) is 49.8 Å². The molecular weight excluding hydrogens is 292 g/mol. The highest BCUT2D eigenvalue weighted by atomic mass is 16.5. The van der Waals surface area contributed by atoms with Gasteiger partial charge in [0.05, 0.1) is 18.3 Å². The Morgan fingerprint density at radius 2 is 2.04 bits per heavy atom. The van der Waals surface area contributed by atoms with Gasteiger partial charge in [-0.05, 0) is 32.1 Å². The molecule has 136 valence electrons. The molecule has 0 radical (unpaired) electrons. The van der Waals surface area contributed by atoms with Crippen molar-refractivity contribution in [3.8, 4) is 0 Å². The third-order valence-electron chi connectivity index (χ3n) is 4.41. The van der Waals surface area contributed by atoms with Crippen LogP contribution in [0.1, 0.15) is 65.2 Å². The maximum absolute atomic E-state index is 9.95. The molecule has 1 rings (SSSR count). The van der Waals surface area contributed by atoms with Crippen LogP contribution < -0.4 is 0 Å². The third kappa shape index (κ3) is 8.30. The average Bonchev–Trinajstić information content (AvgIpc) is 2.57. The lowest BCUT2D eigenvalue weighted by Crippen LogP contribution is -2.33. The number of rotatable bonds is 12. The van der Waals surface area contributed by atoms with Gasteiger partial charge in [0.1, 0.15) is 6.10 Å². The summed E-state index contributed by atoms with van der Waals surface area (Å²) in [5, 5.41) is 9.95. The van der Waals surface area contributed by atoms with Crippen LogP contribution in [0.4, 0.5) is 0 Å². The van der Waals surface area contributed by atoms with Gasteiger partial charge in [-0.15, -0.1) is 0 Å². The van der Waals surface area contributed by atoms with Crippen molar-refractivity contribution in [1.82, 2.24) is 0 Å². The summed E-state index contributed by atoms with van der Waals surface area (Å²) in [5.74, 6) is 0. The fourth-order valence-electron chi connectivity index (χ4n) is 2.88. The van der Waals surface area contributed by atoms with Gasteiger partial charge in [0, 0.05) is 20.3 Å².